The zero-order valence-corrected chi connectivity index (χ0v) is 13.9. The summed E-state index contributed by atoms with van der Waals surface area (Å²) in [5, 5.41) is 3.72. The second-order valence-electron chi connectivity index (χ2n) is 5.64. The van der Waals surface area contributed by atoms with Crippen LogP contribution in [0.4, 0.5) is 5.69 Å². The Kier molecular flexibility index (Phi) is 4.31. The molecule has 0 saturated heterocycles. The van der Waals surface area contributed by atoms with Crippen LogP contribution in [0.5, 0.6) is 0 Å². The van der Waals surface area contributed by atoms with Crippen LogP contribution in [0, 0.1) is 0 Å². The van der Waals surface area contributed by atoms with E-state index >= 15 is 0 Å². The van der Waals surface area contributed by atoms with Gasteiger partial charge in [0.15, 0.2) is 9.84 Å². The van der Waals surface area contributed by atoms with Gasteiger partial charge in [0.2, 0.25) is 0 Å². The van der Waals surface area contributed by atoms with Crippen molar-refractivity contribution in [2.24, 2.45) is 0 Å². The molecule has 1 amide bonds. The smallest absolute Gasteiger partial charge is 0.255 e. The minimum absolute atomic E-state index is 0.0916. The number of anilines is 1. The lowest BCUT2D eigenvalue weighted by Gasteiger charge is -2.07. The van der Waals surface area contributed by atoms with Crippen LogP contribution in [0.25, 0.3) is 10.9 Å². The number of rotatable bonds is 4. The van der Waals surface area contributed by atoms with Crippen LogP contribution in [0.2, 0.25) is 0 Å². The SMILES string of the molecule is CS(=O)(=O)Cc1cccc(C(=O)Nc2cnc3ccccc3c2)c1. The van der Waals surface area contributed by atoms with Gasteiger partial charge in [0.25, 0.3) is 5.91 Å². The molecule has 122 valence electrons. The number of fused-ring (bicyclic) bond motifs is 1. The van der Waals surface area contributed by atoms with Gasteiger partial charge in [0.1, 0.15) is 0 Å². The van der Waals surface area contributed by atoms with Crippen LogP contribution in [0.15, 0.2) is 60.8 Å². The van der Waals surface area contributed by atoms with Crippen molar-refractivity contribution in [2.75, 3.05) is 11.6 Å². The number of nitrogens with zero attached hydrogens (tertiary/aromatic N) is 1. The normalized spacial score (nSPS) is 11.4. The van der Waals surface area contributed by atoms with Gasteiger partial charge in [0, 0.05) is 17.2 Å². The summed E-state index contributed by atoms with van der Waals surface area (Å²) in [5.74, 6) is -0.395. The lowest BCUT2D eigenvalue weighted by molar-refractivity contribution is 0.102. The largest absolute Gasteiger partial charge is 0.321 e. The van der Waals surface area contributed by atoms with Crippen molar-refractivity contribution < 1.29 is 13.2 Å². The van der Waals surface area contributed by atoms with E-state index in [4.69, 9.17) is 0 Å². The fourth-order valence-corrected chi connectivity index (χ4v) is 3.23. The molecule has 1 N–H and O–H groups in total. The summed E-state index contributed by atoms with van der Waals surface area (Å²) in [5.41, 5.74) is 2.43. The van der Waals surface area contributed by atoms with E-state index in [1.54, 1.807) is 30.5 Å². The number of pyridine rings is 1. The minimum Gasteiger partial charge on any atom is -0.321 e. The van der Waals surface area contributed by atoms with Crippen molar-refractivity contribution in [3.05, 3.63) is 71.9 Å². The fourth-order valence-electron chi connectivity index (χ4n) is 2.45. The van der Waals surface area contributed by atoms with Gasteiger partial charge in [-0.25, -0.2) is 8.42 Å². The Labute approximate surface area is 140 Å². The van der Waals surface area contributed by atoms with Crippen molar-refractivity contribution in [1.82, 2.24) is 4.98 Å². The third-order valence-corrected chi connectivity index (χ3v) is 4.32. The topological polar surface area (TPSA) is 76.1 Å². The van der Waals surface area contributed by atoms with E-state index in [1.807, 2.05) is 30.3 Å². The molecule has 0 aliphatic rings. The number of hydrogen-bond acceptors (Lipinski definition) is 4. The average Bonchev–Trinajstić information content (AvgIpc) is 2.53. The van der Waals surface area contributed by atoms with Gasteiger partial charge in [-0.15, -0.1) is 0 Å². The molecule has 0 unspecified atom stereocenters. The van der Waals surface area contributed by atoms with E-state index in [0.717, 1.165) is 10.9 Å². The number of amides is 1. The lowest BCUT2D eigenvalue weighted by Crippen LogP contribution is -2.12. The fraction of sp³-hybridized carbons (Fsp3) is 0.111. The molecule has 1 aromatic heterocycles. The number of carbonyl (C=O) groups is 1. The van der Waals surface area contributed by atoms with Crippen molar-refractivity contribution in [1.29, 1.82) is 0 Å². The predicted molar refractivity (Wildman–Crippen MR) is 94.7 cm³/mol. The van der Waals surface area contributed by atoms with Crippen molar-refractivity contribution in [3.8, 4) is 0 Å². The second kappa shape index (κ2) is 6.41. The van der Waals surface area contributed by atoms with E-state index in [1.165, 1.54) is 6.26 Å². The highest BCUT2D eigenvalue weighted by Gasteiger charge is 2.10. The number of nitrogens with one attached hydrogen (secondary N) is 1. The first-order chi connectivity index (χ1) is 11.4. The van der Waals surface area contributed by atoms with Gasteiger partial charge < -0.3 is 5.32 Å². The van der Waals surface area contributed by atoms with Crippen molar-refractivity contribution in [2.45, 2.75) is 5.75 Å². The Morgan fingerprint density at radius 1 is 1.08 bits per heavy atom. The first-order valence-corrected chi connectivity index (χ1v) is 9.39. The summed E-state index contributed by atoms with van der Waals surface area (Å²) in [7, 11) is -3.14. The molecule has 3 rings (SSSR count). The van der Waals surface area contributed by atoms with Crippen molar-refractivity contribution in [3.63, 3.8) is 0 Å². The summed E-state index contributed by atoms with van der Waals surface area (Å²) in [6.45, 7) is 0. The predicted octanol–water partition coefficient (Wildman–Crippen LogP) is 3.03. The molecule has 2 aromatic carbocycles. The first kappa shape index (κ1) is 16.1. The molecule has 0 spiro atoms. The van der Waals surface area contributed by atoms with E-state index < -0.39 is 9.84 Å². The molecule has 0 saturated carbocycles. The molecule has 24 heavy (non-hydrogen) atoms. The highest BCUT2D eigenvalue weighted by molar-refractivity contribution is 7.89. The van der Waals surface area contributed by atoms with Crippen LogP contribution in [-0.2, 0) is 15.6 Å². The Hall–Kier alpha value is -2.73. The summed E-state index contributed by atoms with van der Waals surface area (Å²) >= 11 is 0. The van der Waals surface area contributed by atoms with Gasteiger partial charge in [-0.3, -0.25) is 9.78 Å². The van der Waals surface area contributed by atoms with Gasteiger partial charge in [-0.05, 0) is 29.8 Å². The monoisotopic (exact) mass is 340 g/mol. The summed E-state index contributed by atoms with van der Waals surface area (Å²) in [4.78, 5) is 16.7. The van der Waals surface area contributed by atoms with Gasteiger partial charge >= 0.3 is 0 Å². The molecule has 0 aliphatic carbocycles. The summed E-state index contributed by atoms with van der Waals surface area (Å²) in [6.07, 6.45) is 2.76. The maximum Gasteiger partial charge on any atom is 0.255 e. The van der Waals surface area contributed by atoms with E-state index in [2.05, 4.69) is 10.3 Å². The first-order valence-electron chi connectivity index (χ1n) is 7.33. The van der Waals surface area contributed by atoms with E-state index in [0.29, 0.717) is 16.8 Å². The average molecular weight is 340 g/mol. The highest BCUT2D eigenvalue weighted by atomic mass is 32.2. The third kappa shape index (κ3) is 3.97. The number of aromatic nitrogens is 1. The molecule has 6 heteroatoms. The summed E-state index contributed by atoms with van der Waals surface area (Å²) in [6, 6.07) is 16.1. The van der Waals surface area contributed by atoms with Crippen molar-refractivity contribution >= 4 is 32.3 Å². The molecule has 0 atom stereocenters. The van der Waals surface area contributed by atoms with Crippen LogP contribution >= 0.6 is 0 Å². The van der Waals surface area contributed by atoms with Crippen LogP contribution in [0.3, 0.4) is 0 Å². The summed E-state index contributed by atoms with van der Waals surface area (Å²) < 4.78 is 22.8. The molecule has 1 heterocycles. The Bertz CT molecular complexity index is 1010. The van der Waals surface area contributed by atoms with E-state index in [9.17, 15) is 13.2 Å². The number of sulfone groups is 1. The molecule has 0 aliphatic heterocycles. The maximum atomic E-state index is 12.4. The zero-order valence-electron chi connectivity index (χ0n) is 13.1. The molecule has 0 radical (unpaired) electrons. The lowest BCUT2D eigenvalue weighted by atomic mass is 10.1. The van der Waals surface area contributed by atoms with Crippen LogP contribution in [0.1, 0.15) is 15.9 Å². The van der Waals surface area contributed by atoms with E-state index in [-0.39, 0.29) is 11.7 Å². The Balaban J connectivity index is 1.82. The van der Waals surface area contributed by atoms with Crippen LogP contribution < -0.4 is 5.32 Å². The molecular formula is C18H16N2O3S. The quantitative estimate of drug-likeness (QED) is 0.792. The third-order valence-electron chi connectivity index (χ3n) is 3.47. The number of para-hydroxylation sites is 1. The number of hydrogen-bond donors (Lipinski definition) is 1. The maximum absolute atomic E-state index is 12.4. The molecule has 5 nitrogen and oxygen atoms in total. The molecular weight excluding hydrogens is 324 g/mol. The number of benzene rings is 2. The highest BCUT2D eigenvalue weighted by Crippen LogP contribution is 2.17. The second-order valence-corrected chi connectivity index (χ2v) is 7.78. The van der Waals surface area contributed by atoms with Gasteiger partial charge in [-0.2, -0.15) is 0 Å². The zero-order chi connectivity index (χ0) is 17.2. The van der Waals surface area contributed by atoms with Crippen LogP contribution in [-0.4, -0.2) is 25.6 Å². The van der Waals surface area contributed by atoms with Gasteiger partial charge in [-0.1, -0.05) is 30.3 Å². The van der Waals surface area contributed by atoms with Gasteiger partial charge in [0.05, 0.1) is 23.2 Å². The standard InChI is InChI=1S/C18H16N2O3S/c1-24(22,23)12-13-5-4-7-15(9-13)18(21)20-16-10-14-6-2-3-8-17(14)19-11-16/h2-11H,12H2,1H3,(H,20,21). The number of carbonyl (C=O) groups excluding carboxylic acids is 1. The Morgan fingerprint density at radius 2 is 1.88 bits per heavy atom. The minimum atomic E-state index is -3.14. The Morgan fingerprint density at radius 3 is 2.67 bits per heavy atom. The molecule has 0 bridgehead atoms. The molecule has 3 aromatic rings. The molecule has 0 fully saturated rings.